The van der Waals surface area contributed by atoms with E-state index < -0.39 is 0 Å². The second-order valence-electron chi connectivity index (χ2n) is 6.87. The molecule has 0 aromatic heterocycles. The van der Waals surface area contributed by atoms with Crippen LogP contribution >= 0.6 is 11.6 Å². The minimum atomic E-state index is 0.0354. The largest absolute Gasteiger partial charge is 0.299 e. The first-order chi connectivity index (χ1) is 10.8. The molecule has 1 aromatic rings. The van der Waals surface area contributed by atoms with Crippen LogP contribution in [-0.4, -0.2) is 11.6 Å². The number of carbonyl (C=O) groups is 2. The Morgan fingerprint density at radius 1 is 0.913 bits per heavy atom. The van der Waals surface area contributed by atoms with Gasteiger partial charge in [0.15, 0.2) is 0 Å². The SMILES string of the molecule is CC(C)C(=O)CCCCCc1cccc(CC(=O)C(C)C)c1Cl. The van der Waals surface area contributed by atoms with Gasteiger partial charge in [-0.1, -0.05) is 63.9 Å². The summed E-state index contributed by atoms with van der Waals surface area (Å²) in [6, 6.07) is 5.95. The molecule has 0 bridgehead atoms. The van der Waals surface area contributed by atoms with Crippen LogP contribution < -0.4 is 0 Å². The number of halogens is 1. The van der Waals surface area contributed by atoms with Crippen molar-refractivity contribution in [3.05, 3.63) is 34.3 Å². The van der Waals surface area contributed by atoms with E-state index >= 15 is 0 Å². The molecule has 0 aliphatic carbocycles. The van der Waals surface area contributed by atoms with E-state index in [9.17, 15) is 9.59 Å². The van der Waals surface area contributed by atoms with Crippen molar-refractivity contribution in [2.24, 2.45) is 11.8 Å². The van der Waals surface area contributed by atoms with Crippen molar-refractivity contribution in [2.45, 2.75) is 66.2 Å². The molecule has 0 fully saturated rings. The molecule has 128 valence electrons. The van der Waals surface area contributed by atoms with Crippen molar-refractivity contribution in [3.8, 4) is 0 Å². The van der Waals surface area contributed by atoms with Crippen LogP contribution in [0.15, 0.2) is 18.2 Å². The van der Waals surface area contributed by atoms with Crippen LogP contribution in [0.4, 0.5) is 0 Å². The lowest BCUT2D eigenvalue weighted by Crippen LogP contribution is -2.10. The Balaban J connectivity index is 2.49. The number of ketones is 2. The van der Waals surface area contributed by atoms with E-state index in [1.165, 1.54) is 0 Å². The number of carbonyl (C=O) groups excluding carboxylic acids is 2. The fourth-order valence-corrected chi connectivity index (χ4v) is 2.72. The first-order valence-corrected chi connectivity index (χ1v) is 9.02. The lowest BCUT2D eigenvalue weighted by atomic mass is 9.97. The predicted molar refractivity (Wildman–Crippen MR) is 97.0 cm³/mol. The first-order valence-electron chi connectivity index (χ1n) is 8.64. The van der Waals surface area contributed by atoms with Crippen molar-refractivity contribution in [2.75, 3.05) is 0 Å². The van der Waals surface area contributed by atoms with E-state index in [1.807, 2.05) is 45.9 Å². The Hall–Kier alpha value is -1.15. The van der Waals surface area contributed by atoms with E-state index in [0.717, 1.165) is 41.8 Å². The molecule has 23 heavy (non-hydrogen) atoms. The number of benzene rings is 1. The highest BCUT2D eigenvalue weighted by Gasteiger charge is 2.13. The molecule has 3 heteroatoms. The molecule has 0 unspecified atom stereocenters. The van der Waals surface area contributed by atoms with Gasteiger partial charge < -0.3 is 0 Å². The Kier molecular flexibility index (Phi) is 8.54. The van der Waals surface area contributed by atoms with Crippen molar-refractivity contribution < 1.29 is 9.59 Å². The number of hydrogen-bond donors (Lipinski definition) is 0. The molecule has 0 radical (unpaired) electrons. The highest BCUT2D eigenvalue weighted by molar-refractivity contribution is 6.32. The third-order valence-corrected chi connectivity index (χ3v) is 4.67. The molecule has 1 rings (SSSR count). The van der Waals surface area contributed by atoms with Crippen molar-refractivity contribution in [1.29, 1.82) is 0 Å². The zero-order chi connectivity index (χ0) is 17.4. The lowest BCUT2D eigenvalue weighted by molar-refractivity contribution is -0.122. The zero-order valence-electron chi connectivity index (χ0n) is 14.8. The van der Waals surface area contributed by atoms with Crippen LogP contribution in [0.2, 0.25) is 5.02 Å². The third kappa shape index (κ3) is 6.87. The van der Waals surface area contributed by atoms with Gasteiger partial charge in [0.2, 0.25) is 0 Å². The summed E-state index contributed by atoms with van der Waals surface area (Å²) in [6.07, 6.45) is 4.98. The molecule has 0 aliphatic rings. The third-order valence-electron chi connectivity index (χ3n) is 4.18. The smallest absolute Gasteiger partial charge is 0.139 e. The average molecular weight is 337 g/mol. The number of hydrogen-bond acceptors (Lipinski definition) is 2. The minimum absolute atomic E-state index is 0.0354. The highest BCUT2D eigenvalue weighted by Crippen LogP contribution is 2.24. The van der Waals surface area contributed by atoms with E-state index in [0.29, 0.717) is 18.6 Å². The molecule has 0 saturated carbocycles. The van der Waals surface area contributed by atoms with Crippen LogP contribution in [0.3, 0.4) is 0 Å². The summed E-state index contributed by atoms with van der Waals surface area (Å²) < 4.78 is 0. The number of rotatable bonds is 10. The van der Waals surface area contributed by atoms with E-state index in [1.54, 1.807) is 0 Å². The summed E-state index contributed by atoms with van der Waals surface area (Å²) in [5.41, 5.74) is 2.04. The maximum Gasteiger partial charge on any atom is 0.139 e. The van der Waals surface area contributed by atoms with E-state index in [-0.39, 0.29) is 17.6 Å². The van der Waals surface area contributed by atoms with Crippen LogP contribution in [0.5, 0.6) is 0 Å². The van der Waals surface area contributed by atoms with Gasteiger partial charge in [0.25, 0.3) is 0 Å². The molecule has 2 nitrogen and oxygen atoms in total. The van der Waals surface area contributed by atoms with Gasteiger partial charge in [-0.3, -0.25) is 9.59 Å². The second kappa shape index (κ2) is 9.87. The van der Waals surface area contributed by atoms with Crippen LogP contribution in [0.1, 0.15) is 64.5 Å². The summed E-state index contributed by atoms with van der Waals surface area (Å²) >= 11 is 6.46. The topological polar surface area (TPSA) is 34.1 Å². The van der Waals surface area contributed by atoms with Gasteiger partial charge in [-0.25, -0.2) is 0 Å². The monoisotopic (exact) mass is 336 g/mol. The first kappa shape index (κ1) is 19.9. The quantitative estimate of drug-likeness (QED) is 0.533. The van der Waals surface area contributed by atoms with Crippen LogP contribution in [0.25, 0.3) is 0 Å². The molecule has 0 spiro atoms. The molecule has 0 saturated heterocycles. The molecule has 0 aliphatic heterocycles. The van der Waals surface area contributed by atoms with Gasteiger partial charge in [-0.2, -0.15) is 0 Å². The fraction of sp³-hybridized carbons (Fsp3) is 0.600. The summed E-state index contributed by atoms with van der Waals surface area (Å²) in [5, 5.41) is 0.736. The summed E-state index contributed by atoms with van der Waals surface area (Å²) in [7, 11) is 0. The normalized spacial score (nSPS) is 11.3. The summed E-state index contributed by atoms with van der Waals surface area (Å²) in [5.74, 6) is 0.737. The Morgan fingerprint density at radius 3 is 2.13 bits per heavy atom. The van der Waals surface area contributed by atoms with Gasteiger partial charge in [-0.05, 0) is 30.4 Å². The molecule has 0 heterocycles. The molecular formula is C20H29ClO2. The van der Waals surface area contributed by atoms with Crippen molar-refractivity contribution >= 4 is 23.2 Å². The molecular weight excluding hydrogens is 308 g/mol. The minimum Gasteiger partial charge on any atom is -0.299 e. The Labute approximate surface area is 145 Å². The van der Waals surface area contributed by atoms with Gasteiger partial charge >= 0.3 is 0 Å². The standard InChI is InChI=1S/C20H29ClO2/c1-14(2)18(22)12-7-5-6-9-16-10-8-11-17(20(16)21)13-19(23)15(3)4/h8,10-11,14-15H,5-7,9,12-13H2,1-4H3. The van der Waals surface area contributed by atoms with Crippen LogP contribution in [-0.2, 0) is 22.4 Å². The predicted octanol–water partition coefficient (Wildman–Crippen LogP) is 5.44. The van der Waals surface area contributed by atoms with Crippen LogP contribution in [0, 0.1) is 11.8 Å². The van der Waals surface area contributed by atoms with E-state index in [4.69, 9.17) is 11.6 Å². The maximum atomic E-state index is 11.9. The maximum absolute atomic E-state index is 11.9. The van der Waals surface area contributed by atoms with Crippen molar-refractivity contribution in [1.82, 2.24) is 0 Å². The Bertz CT molecular complexity index is 532. The number of aryl methyl sites for hydroxylation is 1. The lowest BCUT2D eigenvalue weighted by Gasteiger charge is -2.10. The molecule has 0 amide bonds. The second-order valence-corrected chi connectivity index (χ2v) is 7.25. The summed E-state index contributed by atoms with van der Waals surface area (Å²) in [4.78, 5) is 23.5. The molecule has 1 aromatic carbocycles. The average Bonchev–Trinajstić information content (AvgIpc) is 2.49. The molecule has 0 atom stereocenters. The van der Waals surface area contributed by atoms with E-state index in [2.05, 4.69) is 0 Å². The number of unbranched alkanes of at least 4 members (excludes halogenated alkanes) is 2. The Morgan fingerprint density at radius 2 is 1.52 bits per heavy atom. The zero-order valence-corrected chi connectivity index (χ0v) is 15.6. The molecule has 0 N–H and O–H groups in total. The number of Topliss-reactive ketones (excluding diaryl/α,β-unsaturated/α-hetero) is 2. The van der Waals surface area contributed by atoms with Gasteiger partial charge in [0.1, 0.15) is 11.6 Å². The van der Waals surface area contributed by atoms with Crippen molar-refractivity contribution in [3.63, 3.8) is 0 Å². The highest BCUT2D eigenvalue weighted by atomic mass is 35.5. The van der Waals surface area contributed by atoms with Gasteiger partial charge in [-0.15, -0.1) is 0 Å². The van der Waals surface area contributed by atoms with Gasteiger partial charge in [0, 0.05) is 29.7 Å². The summed E-state index contributed by atoms with van der Waals surface area (Å²) in [6.45, 7) is 7.73. The van der Waals surface area contributed by atoms with Gasteiger partial charge in [0.05, 0.1) is 0 Å². The fourth-order valence-electron chi connectivity index (χ4n) is 2.43.